The van der Waals surface area contributed by atoms with E-state index in [-0.39, 0.29) is 6.04 Å². The topological polar surface area (TPSA) is 29.9 Å². The molecular formula is C15H20ClN3. The Morgan fingerprint density at radius 1 is 1.42 bits per heavy atom. The zero-order valence-corrected chi connectivity index (χ0v) is 12.2. The quantitative estimate of drug-likeness (QED) is 0.870. The van der Waals surface area contributed by atoms with Gasteiger partial charge in [0.25, 0.3) is 0 Å². The number of hydrogen-bond donors (Lipinski definition) is 1. The fourth-order valence-corrected chi connectivity index (χ4v) is 2.29. The Labute approximate surface area is 119 Å². The first-order valence-corrected chi connectivity index (χ1v) is 7.07. The number of halogens is 1. The molecule has 3 nitrogen and oxygen atoms in total. The fraction of sp³-hybridized carbons (Fsp3) is 0.400. The molecule has 0 unspecified atom stereocenters. The summed E-state index contributed by atoms with van der Waals surface area (Å²) in [6.07, 6.45) is 5.01. The van der Waals surface area contributed by atoms with E-state index in [2.05, 4.69) is 34.8 Å². The number of nitrogens with zero attached hydrogens (tertiary/aromatic N) is 2. The average molecular weight is 278 g/mol. The molecule has 0 aliphatic rings. The molecule has 4 heteroatoms. The highest BCUT2D eigenvalue weighted by Crippen LogP contribution is 2.17. The Bertz CT molecular complexity index is 522. The van der Waals surface area contributed by atoms with Crippen LogP contribution in [0.5, 0.6) is 0 Å². The van der Waals surface area contributed by atoms with Crippen molar-refractivity contribution in [2.45, 2.75) is 39.4 Å². The summed E-state index contributed by atoms with van der Waals surface area (Å²) in [4.78, 5) is 4.39. The van der Waals surface area contributed by atoms with E-state index in [0.29, 0.717) is 0 Å². The molecule has 0 spiro atoms. The van der Waals surface area contributed by atoms with Gasteiger partial charge >= 0.3 is 0 Å². The van der Waals surface area contributed by atoms with Crippen LogP contribution in [-0.4, -0.2) is 9.55 Å². The van der Waals surface area contributed by atoms with Crippen molar-refractivity contribution in [2.24, 2.45) is 0 Å². The van der Waals surface area contributed by atoms with Gasteiger partial charge in [-0.15, -0.1) is 0 Å². The number of hydrogen-bond acceptors (Lipinski definition) is 2. The molecule has 19 heavy (non-hydrogen) atoms. The van der Waals surface area contributed by atoms with E-state index >= 15 is 0 Å². The van der Waals surface area contributed by atoms with Crippen LogP contribution in [0.25, 0.3) is 0 Å². The number of aromatic nitrogens is 2. The van der Waals surface area contributed by atoms with Crippen LogP contribution in [-0.2, 0) is 13.1 Å². The lowest BCUT2D eigenvalue weighted by Gasteiger charge is -2.15. The predicted octanol–water partition coefficient (Wildman–Crippen LogP) is 3.80. The van der Waals surface area contributed by atoms with Gasteiger partial charge in [0.05, 0.1) is 6.54 Å². The van der Waals surface area contributed by atoms with Crippen LogP contribution < -0.4 is 5.32 Å². The van der Waals surface area contributed by atoms with Crippen LogP contribution in [0.1, 0.15) is 37.7 Å². The predicted molar refractivity (Wildman–Crippen MR) is 79.2 cm³/mol. The lowest BCUT2D eigenvalue weighted by atomic mass is 10.1. The van der Waals surface area contributed by atoms with E-state index in [1.165, 1.54) is 5.56 Å². The minimum Gasteiger partial charge on any atom is -0.334 e. The lowest BCUT2D eigenvalue weighted by Crippen LogP contribution is -2.20. The van der Waals surface area contributed by atoms with Gasteiger partial charge in [0.15, 0.2) is 0 Å². The van der Waals surface area contributed by atoms with Gasteiger partial charge in [0.2, 0.25) is 0 Å². The summed E-state index contributed by atoms with van der Waals surface area (Å²) in [5.41, 5.74) is 1.20. The summed E-state index contributed by atoms with van der Waals surface area (Å²) in [5, 5.41) is 4.26. The molecule has 1 N–H and O–H groups in total. The van der Waals surface area contributed by atoms with Gasteiger partial charge in [-0.05, 0) is 31.0 Å². The van der Waals surface area contributed by atoms with Crippen LogP contribution in [0.4, 0.5) is 0 Å². The number of nitrogens with one attached hydrogen (secondary N) is 1. The minimum atomic E-state index is 0.255. The van der Waals surface area contributed by atoms with E-state index in [1.54, 1.807) is 0 Å². The summed E-state index contributed by atoms with van der Waals surface area (Å²) >= 11 is 6.01. The second-order valence-corrected chi connectivity index (χ2v) is 5.13. The van der Waals surface area contributed by atoms with E-state index in [9.17, 15) is 0 Å². The molecule has 1 aromatic carbocycles. The third-order valence-corrected chi connectivity index (χ3v) is 3.42. The van der Waals surface area contributed by atoms with E-state index < -0.39 is 0 Å². The Balaban J connectivity index is 1.96. The van der Waals surface area contributed by atoms with Gasteiger partial charge in [-0.2, -0.15) is 0 Å². The first kappa shape index (κ1) is 14.1. The fourth-order valence-electron chi connectivity index (χ4n) is 2.09. The third kappa shape index (κ3) is 3.82. The smallest absolute Gasteiger partial charge is 0.122 e. The van der Waals surface area contributed by atoms with E-state index in [0.717, 1.165) is 30.4 Å². The molecule has 0 bridgehead atoms. The van der Waals surface area contributed by atoms with Crippen LogP contribution in [0.2, 0.25) is 5.02 Å². The highest BCUT2D eigenvalue weighted by atomic mass is 35.5. The number of rotatable bonds is 6. The molecule has 1 atom stereocenters. The second kappa shape index (κ2) is 6.73. The van der Waals surface area contributed by atoms with Crippen molar-refractivity contribution >= 4 is 11.6 Å². The van der Waals surface area contributed by atoms with Crippen molar-refractivity contribution < 1.29 is 0 Å². The maximum atomic E-state index is 6.01. The average Bonchev–Trinajstić information content (AvgIpc) is 2.84. The monoisotopic (exact) mass is 277 g/mol. The molecule has 2 aromatic rings. The SMILES string of the molecule is CCCn1ccnc1CN[C@@H](C)c1cccc(Cl)c1. The summed E-state index contributed by atoms with van der Waals surface area (Å²) in [7, 11) is 0. The van der Waals surface area contributed by atoms with Crippen molar-refractivity contribution in [1.29, 1.82) is 0 Å². The van der Waals surface area contributed by atoms with Crippen molar-refractivity contribution in [3.63, 3.8) is 0 Å². The van der Waals surface area contributed by atoms with Crippen molar-refractivity contribution in [3.05, 3.63) is 53.1 Å². The molecule has 0 aliphatic heterocycles. The highest BCUT2D eigenvalue weighted by molar-refractivity contribution is 6.30. The minimum absolute atomic E-state index is 0.255. The summed E-state index contributed by atoms with van der Waals surface area (Å²) in [6, 6.07) is 8.21. The van der Waals surface area contributed by atoms with Gasteiger partial charge in [-0.25, -0.2) is 4.98 Å². The maximum absolute atomic E-state index is 6.01. The zero-order chi connectivity index (χ0) is 13.7. The Morgan fingerprint density at radius 2 is 2.26 bits per heavy atom. The van der Waals surface area contributed by atoms with Gasteiger partial charge in [-0.3, -0.25) is 0 Å². The molecule has 1 aromatic heterocycles. The van der Waals surface area contributed by atoms with Crippen LogP contribution in [0, 0.1) is 0 Å². The van der Waals surface area contributed by atoms with Crippen molar-refractivity contribution in [1.82, 2.24) is 14.9 Å². The Hall–Kier alpha value is -1.32. The zero-order valence-electron chi connectivity index (χ0n) is 11.4. The third-order valence-electron chi connectivity index (χ3n) is 3.18. The normalized spacial score (nSPS) is 12.6. The first-order valence-electron chi connectivity index (χ1n) is 6.69. The standard InChI is InChI=1S/C15H20ClN3/c1-3-8-19-9-7-17-15(19)11-18-12(2)13-5-4-6-14(16)10-13/h4-7,9-10,12,18H,3,8,11H2,1-2H3/t12-/m0/s1. The van der Waals surface area contributed by atoms with E-state index in [4.69, 9.17) is 11.6 Å². The molecule has 0 amide bonds. The molecule has 0 radical (unpaired) electrons. The Kier molecular flexibility index (Phi) is 5.00. The van der Waals surface area contributed by atoms with Crippen molar-refractivity contribution in [3.8, 4) is 0 Å². The highest BCUT2D eigenvalue weighted by Gasteiger charge is 2.07. The molecule has 1 heterocycles. The van der Waals surface area contributed by atoms with Crippen LogP contribution >= 0.6 is 11.6 Å². The molecule has 0 saturated heterocycles. The number of aryl methyl sites for hydroxylation is 1. The summed E-state index contributed by atoms with van der Waals surface area (Å²) in [6.45, 7) is 6.09. The van der Waals surface area contributed by atoms with E-state index in [1.807, 2.05) is 30.6 Å². The van der Waals surface area contributed by atoms with Gasteiger partial charge in [-0.1, -0.05) is 30.7 Å². The van der Waals surface area contributed by atoms with Gasteiger partial charge in [0.1, 0.15) is 5.82 Å². The van der Waals surface area contributed by atoms with Gasteiger partial charge in [0, 0.05) is 30.0 Å². The van der Waals surface area contributed by atoms with Crippen molar-refractivity contribution in [2.75, 3.05) is 0 Å². The summed E-state index contributed by atoms with van der Waals surface area (Å²) in [5.74, 6) is 1.08. The Morgan fingerprint density at radius 3 is 3.00 bits per heavy atom. The first-order chi connectivity index (χ1) is 9.20. The maximum Gasteiger partial charge on any atom is 0.122 e. The largest absolute Gasteiger partial charge is 0.334 e. The van der Waals surface area contributed by atoms with Crippen LogP contribution in [0.3, 0.4) is 0 Å². The summed E-state index contributed by atoms with van der Waals surface area (Å²) < 4.78 is 2.19. The molecule has 0 saturated carbocycles. The molecular weight excluding hydrogens is 258 g/mol. The lowest BCUT2D eigenvalue weighted by molar-refractivity contribution is 0.532. The molecule has 2 rings (SSSR count). The number of imidazole rings is 1. The molecule has 0 fully saturated rings. The van der Waals surface area contributed by atoms with Crippen LogP contribution in [0.15, 0.2) is 36.7 Å². The van der Waals surface area contributed by atoms with Gasteiger partial charge < -0.3 is 9.88 Å². The number of benzene rings is 1. The molecule has 102 valence electrons. The second-order valence-electron chi connectivity index (χ2n) is 4.69. The molecule has 0 aliphatic carbocycles.